The van der Waals surface area contributed by atoms with Crippen LogP contribution in [-0.4, -0.2) is 36.5 Å². The van der Waals surface area contributed by atoms with Gasteiger partial charge in [0.05, 0.1) is 0 Å². The molecule has 0 atom stereocenters. The van der Waals surface area contributed by atoms with Crippen LogP contribution < -0.4 is 0 Å². The minimum Gasteiger partial charge on any atom is -0.693 e. The summed E-state index contributed by atoms with van der Waals surface area (Å²) in [5, 5.41) is 22.6. The zero-order valence-corrected chi connectivity index (χ0v) is 9.75. The maximum absolute atomic E-state index is 8.36. The Labute approximate surface area is 109 Å². The van der Waals surface area contributed by atoms with Crippen molar-refractivity contribution in [3.05, 3.63) is 49.3 Å². The molecular formula is C4H15CoN7O5-3. The van der Waals surface area contributed by atoms with E-state index in [-0.39, 0.29) is 49.1 Å². The molecule has 13 heteroatoms. The van der Waals surface area contributed by atoms with Gasteiger partial charge in [-0.3, -0.25) is 0 Å². The van der Waals surface area contributed by atoms with Crippen molar-refractivity contribution in [2.75, 3.05) is 26.2 Å². The Morgan fingerprint density at radius 1 is 1.06 bits per heavy atom. The number of hydrogen-bond donors (Lipinski definition) is 1. The average Bonchev–Trinajstić information content (AvgIpc) is 2.18. The van der Waals surface area contributed by atoms with Crippen molar-refractivity contribution in [3.8, 4) is 0 Å². The summed E-state index contributed by atoms with van der Waals surface area (Å²) in [6.07, 6.45) is 0. The Hall–Kier alpha value is -1.09. The average molecular weight is 300 g/mol. The predicted octanol–water partition coefficient (Wildman–Crippen LogP) is 2.80. The molecular weight excluding hydrogens is 285 g/mol. The fourth-order valence-corrected chi connectivity index (χ4v) is 0. The van der Waals surface area contributed by atoms with Crippen LogP contribution in [0.4, 0.5) is 0 Å². The third-order valence-electron chi connectivity index (χ3n) is 0.250. The predicted molar refractivity (Wildman–Crippen MR) is 60.0 cm³/mol. The largest absolute Gasteiger partial charge is 3.00 e. The van der Waals surface area contributed by atoms with Crippen molar-refractivity contribution in [1.82, 2.24) is 0 Å². The summed E-state index contributed by atoms with van der Waals surface area (Å²) in [5.41, 5.74) is 25.1. The van der Waals surface area contributed by atoms with E-state index in [2.05, 4.69) is 0 Å². The molecule has 0 aromatic heterocycles. The SMILES string of the molecule is O=N[O-].O=[N+]([O-])O.[Co+3].[NH-]CC[NH-].[NH-]CC[NH-].[NH2-]. The van der Waals surface area contributed by atoms with Gasteiger partial charge in [-0.05, 0) is 0 Å². The number of hydrogen-bond acceptors (Lipinski definition) is 5. The van der Waals surface area contributed by atoms with Crippen LogP contribution in [0.2, 0.25) is 0 Å². The van der Waals surface area contributed by atoms with Crippen LogP contribution in [0, 0.1) is 20.2 Å². The Balaban J connectivity index is -0.0000000230. The first-order valence-corrected chi connectivity index (χ1v) is 3.34. The maximum atomic E-state index is 8.36. The summed E-state index contributed by atoms with van der Waals surface area (Å²) in [4.78, 5) is 16.4. The van der Waals surface area contributed by atoms with Gasteiger partial charge < -0.3 is 44.4 Å². The fourth-order valence-electron chi connectivity index (χ4n) is 0. The number of nitrogens with one attached hydrogen (secondary N) is 4. The first-order chi connectivity index (χ1) is 6.97. The van der Waals surface area contributed by atoms with E-state index in [1.807, 2.05) is 0 Å². The zero-order chi connectivity index (χ0) is 13.1. The zero-order valence-electron chi connectivity index (χ0n) is 8.71. The van der Waals surface area contributed by atoms with E-state index >= 15 is 0 Å². The van der Waals surface area contributed by atoms with E-state index in [1.165, 1.54) is 0 Å². The summed E-state index contributed by atoms with van der Waals surface area (Å²) < 4.78 is 0. The summed E-state index contributed by atoms with van der Waals surface area (Å²) in [7, 11) is 0. The van der Waals surface area contributed by atoms with Gasteiger partial charge in [-0.15, -0.1) is 15.5 Å². The van der Waals surface area contributed by atoms with Gasteiger partial charge >= 0.3 is 16.8 Å². The van der Waals surface area contributed by atoms with Gasteiger partial charge in [0.2, 0.25) is 0 Å². The van der Waals surface area contributed by atoms with Gasteiger partial charge in [0, 0.05) is 0 Å². The molecule has 0 aliphatic carbocycles. The number of rotatable bonds is 2. The Kier molecular flexibility index (Phi) is 128. The molecule has 0 heterocycles. The third-order valence-corrected chi connectivity index (χ3v) is 0.250. The van der Waals surface area contributed by atoms with E-state index in [0.29, 0.717) is 0 Å². The molecule has 0 saturated heterocycles. The minimum absolute atomic E-state index is 0. The number of nitrogens with zero attached hydrogens (tertiary/aromatic N) is 2. The Morgan fingerprint density at radius 2 is 1.12 bits per heavy atom. The molecule has 0 unspecified atom stereocenters. The van der Waals surface area contributed by atoms with Gasteiger partial charge in [-0.2, -0.15) is 26.2 Å². The molecule has 0 saturated carbocycles. The molecule has 108 valence electrons. The molecule has 0 bridgehead atoms. The second kappa shape index (κ2) is 60.4. The van der Waals surface area contributed by atoms with Gasteiger partial charge in [-0.1, -0.05) is 0 Å². The van der Waals surface area contributed by atoms with Gasteiger partial charge in [-0.25, -0.2) is 0 Å². The van der Waals surface area contributed by atoms with E-state index < -0.39 is 5.09 Å². The molecule has 0 rings (SSSR count). The van der Waals surface area contributed by atoms with Crippen LogP contribution in [0.5, 0.6) is 0 Å². The minimum atomic E-state index is -1.50. The number of nitrogens with two attached hydrogens (primary N) is 1. The van der Waals surface area contributed by atoms with Gasteiger partial charge in [0.15, 0.2) is 0 Å². The van der Waals surface area contributed by atoms with Crippen LogP contribution in [0.1, 0.15) is 0 Å². The van der Waals surface area contributed by atoms with Crippen molar-refractivity contribution in [3.63, 3.8) is 0 Å². The Bertz CT molecular complexity index is 108. The van der Waals surface area contributed by atoms with Crippen LogP contribution >= 0.6 is 0 Å². The molecule has 0 aromatic carbocycles. The molecule has 17 heavy (non-hydrogen) atoms. The van der Waals surface area contributed by atoms with E-state index in [9.17, 15) is 0 Å². The maximum Gasteiger partial charge on any atom is 3.00 e. The summed E-state index contributed by atoms with van der Waals surface area (Å²) in [5.74, 6) is 0. The molecule has 0 aliphatic rings. The molecule has 0 amide bonds. The van der Waals surface area contributed by atoms with E-state index in [1.54, 1.807) is 0 Å². The standard InChI is InChI=1S/2C2H6N2.Co.HNO3.HNO2.H2N/c2*3-1-2-4;;2-1(3)4;2-1-3;/h2*3-4H,1-2H2;;(H,2,3,4);(H,2,3);1H2/q2*-2;+3;;;-1/p-1. The van der Waals surface area contributed by atoms with E-state index in [0.717, 1.165) is 5.34 Å². The first kappa shape index (κ1) is 36.0. The van der Waals surface area contributed by atoms with Crippen molar-refractivity contribution in [1.29, 1.82) is 0 Å². The second-order valence-electron chi connectivity index (χ2n) is 1.31. The van der Waals surface area contributed by atoms with Crippen molar-refractivity contribution < 1.29 is 27.1 Å². The Morgan fingerprint density at radius 3 is 1.12 bits per heavy atom. The third kappa shape index (κ3) is 3020. The smallest absolute Gasteiger partial charge is 0.693 e. The molecule has 0 aliphatic heterocycles. The van der Waals surface area contributed by atoms with Crippen molar-refractivity contribution >= 4 is 0 Å². The second-order valence-corrected chi connectivity index (χ2v) is 1.31. The summed E-state index contributed by atoms with van der Waals surface area (Å²) in [6, 6.07) is 0. The quantitative estimate of drug-likeness (QED) is 0.457. The van der Waals surface area contributed by atoms with Crippen LogP contribution in [-0.2, 0) is 16.8 Å². The molecule has 0 radical (unpaired) electrons. The van der Waals surface area contributed by atoms with Crippen LogP contribution in [0.25, 0.3) is 29.1 Å². The van der Waals surface area contributed by atoms with E-state index in [4.69, 9.17) is 48.4 Å². The van der Waals surface area contributed by atoms with Crippen molar-refractivity contribution in [2.45, 2.75) is 0 Å². The van der Waals surface area contributed by atoms with Gasteiger partial charge in [0.25, 0.3) is 5.09 Å². The fraction of sp³-hybridized carbons (Fsp3) is 1.00. The topological polar surface area (TPSA) is 245 Å². The molecule has 0 aromatic rings. The molecule has 0 spiro atoms. The molecule has 0 fully saturated rings. The normalized spacial score (nSPS) is 5.65. The molecule has 7 N–H and O–H groups in total. The monoisotopic (exact) mass is 300 g/mol. The van der Waals surface area contributed by atoms with Crippen LogP contribution in [0.15, 0.2) is 5.34 Å². The van der Waals surface area contributed by atoms with Crippen molar-refractivity contribution in [2.24, 2.45) is 5.34 Å². The van der Waals surface area contributed by atoms with Crippen LogP contribution in [0.3, 0.4) is 0 Å². The summed E-state index contributed by atoms with van der Waals surface area (Å²) in [6.45, 7) is 0.944. The van der Waals surface area contributed by atoms with Gasteiger partial charge in [0.1, 0.15) is 0 Å². The molecule has 12 nitrogen and oxygen atoms in total. The summed E-state index contributed by atoms with van der Waals surface area (Å²) >= 11 is 0. The first-order valence-electron chi connectivity index (χ1n) is 3.34.